The van der Waals surface area contributed by atoms with Gasteiger partial charge in [0.2, 0.25) is 29.6 Å². The van der Waals surface area contributed by atoms with Crippen molar-refractivity contribution in [3.8, 4) is 23.0 Å². The van der Waals surface area contributed by atoms with Crippen molar-refractivity contribution in [2.24, 2.45) is 0 Å². The van der Waals surface area contributed by atoms with Crippen LogP contribution in [0.25, 0.3) is 10.9 Å². The van der Waals surface area contributed by atoms with Crippen LogP contribution in [0.3, 0.4) is 0 Å². The smallest absolute Gasteiger partial charge is 0.231 e. The van der Waals surface area contributed by atoms with Gasteiger partial charge in [0.15, 0.2) is 17.3 Å². The van der Waals surface area contributed by atoms with Crippen LogP contribution < -0.4 is 19.6 Å². The summed E-state index contributed by atoms with van der Waals surface area (Å²) in [6.45, 7) is 1.04. The van der Waals surface area contributed by atoms with E-state index in [9.17, 15) is 14.7 Å². The standard InChI is InChI=1S/C29H28N2O8/c1-35-14-17-11-23(32)27(34)28(39-17)20(16-9-24(36-2)29-25(10-16)37-15-38-29)12-26(33)31-8-7-19-18-5-3-4-6-21(18)30-22(19)13-31/h3-6,9-11,20,30,34H,7-8,12-15H2,1-2H3. The Bertz CT molecular complexity index is 1620. The molecule has 10 nitrogen and oxygen atoms in total. The molecule has 2 aliphatic rings. The molecule has 4 heterocycles. The number of benzene rings is 2. The molecular weight excluding hydrogens is 504 g/mol. The minimum absolute atomic E-state index is 0.0212. The molecule has 2 aromatic heterocycles. The highest BCUT2D eigenvalue weighted by Gasteiger charge is 2.32. The predicted octanol–water partition coefficient (Wildman–Crippen LogP) is 3.82. The highest BCUT2D eigenvalue weighted by Crippen LogP contribution is 2.46. The van der Waals surface area contributed by atoms with Crippen molar-refractivity contribution >= 4 is 16.8 Å². The number of nitrogens with one attached hydrogen (secondary N) is 1. The molecule has 0 spiro atoms. The van der Waals surface area contributed by atoms with E-state index in [-0.39, 0.29) is 37.2 Å². The van der Waals surface area contributed by atoms with Gasteiger partial charge in [0.25, 0.3) is 0 Å². The van der Waals surface area contributed by atoms with Crippen molar-refractivity contribution in [2.45, 2.75) is 31.9 Å². The third-order valence-corrected chi connectivity index (χ3v) is 7.30. The number of nitrogens with zero attached hydrogens (tertiary/aromatic N) is 1. The van der Waals surface area contributed by atoms with Crippen molar-refractivity contribution in [1.82, 2.24) is 9.88 Å². The van der Waals surface area contributed by atoms with E-state index >= 15 is 0 Å². The predicted molar refractivity (Wildman–Crippen MR) is 140 cm³/mol. The van der Waals surface area contributed by atoms with Crippen molar-refractivity contribution in [3.05, 3.63) is 81.0 Å². The summed E-state index contributed by atoms with van der Waals surface area (Å²) in [5.41, 5.74) is 3.23. The number of hydrogen-bond acceptors (Lipinski definition) is 8. The van der Waals surface area contributed by atoms with Crippen molar-refractivity contribution in [2.75, 3.05) is 27.6 Å². The zero-order valence-corrected chi connectivity index (χ0v) is 21.6. The maximum absolute atomic E-state index is 13.8. The Hall–Kier alpha value is -4.44. The first kappa shape index (κ1) is 24.9. The Labute approximate surface area is 223 Å². The van der Waals surface area contributed by atoms with E-state index in [0.29, 0.717) is 35.9 Å². The van der Waals surface area contributed by atoms with Crippen LogP contribution in [0.4, 0.5) is 0 Å². The Balaban J connectivity index is 1.38. The summed E-state index contributed by atoms with van der Waals surface area (Å²) in [7, 11) is 2.98. The summed E-state index contributed by atoms with van der Waals surface area (Å²) in [6.07, 6.45) is 0.655. The highest BCUT2D eigenvalue weighted by atomic mass is 16.7. The van der Waals surface area contributed by atoms with Gasteiger partial charge in [-0.2, -0.15) is 0 Å². The quantitative estimate of drug-likeness (QED) is 0.368. The Morgan fingerprint density at radius 3 is 2.85 bits per heavy atom. The molecule has 2 aliphatic heterocycles. The number of methoxy groups -OCH3 is 2. The maximum atomic E-state index is 13.8. The molecule has 1 unspecified atom stereocenters. The molecule has 0 saturated heterocycles. The number of para-hydroxylation sites is 1. The Kier molecular flexibility index (Phi) is 6.40. The van der Waals surface area contributed by atoms with E-state index in [1.54, 1.807) is 17.0 Å². The number of amides is 1. The number of ether oxygens (including phenoxy) is 4. The number of aromatic nitrogens is 1. The van der Waals surface area contributed by atoms with Gasteiger partial charge >= 0.3 is 0 Å². The van der Waals surface area contributed by atoms with Gasteiger partial charge in [0.1, 0.15) is 12.4 Å². The molecule has 0 radical (unpaired) electrons. The lowest BCUT2D eigenvalue weighted by Gasteiger charge is -2.29. The summed E-state index contributed by atoms with van der Waals surface area (Å²) in [5.74, 6) is 0.00154. The number of hydrogen-bond donors (Lipinski definition) is 2. The second-order valence-electron chi connectivity index (χ2n) is 9.63. The number of rotatable bonds is 7. The average molecular weight is 533 g/mol. The van der Waals surface area contributed by atoms with Gasteiger partial charge in [-0.05, 0) is 35.7 Å². The lowest BCUT2D eigenvalue weighted by molar-refractivity contribution is -0.132. The van der Waals surface area contributed by atoms with Crippen LogP contribution in [-0.2, 0) is 29.1 Å². The van der Waals surface area contributed by atoms with Gasteiger partial charge in [-0.15, -0.1) is 0 Å². The van der Waals surface area contributed by atoms with Crippen molar-refractivity contribution in [1.29, 1.82) is 0 Å². The average Bonchev–Trinajstić information content (AvgIpc) is 3.57. The van der Waals surface area contributed by atoms with Gasteiger partial charge in [0.05, 0.1) is 19.6 Å². The fourth-order valence-electron chi connectivity index (χ4n) is 5.43. The second kappa shape index (κ2) is 10.0. The third kappa shape index (κ3) is 4.46. The fourth-order valence-corrected chi connectivity index (χ4v) is 5.43. The molecule has 0 bridgehead atoms. The van der Waals surface area contributed by atoms with Crippen molar-refractivity contribution < 1.29 is 33.3 Å². The van der Waals surface area contributed by atoms with Gasteiger partial charge in [-0.1, -0.05) is 18.2 Å². The van der Waals surface area contributed by atoms with Crippen LogP contribution in [0.15, 0.2) is 51.7 Å². The summed E-state index contributed by atoms with van der Waals surface area (Å²) in [4.78, 5) is 31.7. The molecule has 4 aromatic rings. The first-order valence-electron chi connectivity index (χ1n) is 12.7. The first-order chi connectivity index (χ1) is 19.0. The molecule has 2 N–H and O–H groups in total. The van der Waals surface area contributed by atoms with E-state index in [2.05, 4.69) is 11.1 Å². The summed E-state index contributed by atoms with van der Waals surface area (Å²) < 4.78 is 27.7. The third-order valence-electron chi connectivity index (χ3n) is 7.30. The molecule has 202 valence electrons. The zero-order chi connectivity index (χ0) is 27.1. The van der Waals surface area contributed by atoms with E-state index in [1.165, 1.54) is 31.2 Å². The lowest BCUT2D eigenvalue weighted by atomic mass is 9.90. The molecule has 0 fully saturated rings. The molecule has 0 aliphatic carbocycles. The van der Waals surface area contributed by atoms with Gasteiger partial charge in [0, 0.05) is 42.7 Å². The van der Waals surface area contributed by atoms with Gasteiger partial charge in [-0.3, -0.25) is 9.59 Å². The van der Waals surface area contributed by atoms with Gasteiger partial charge in [-0.25, -0.2) is 0 Å². The van der Waals surface area contributed by atoms with Crippen LogP contribution in [0.2, 0.25) is 0 Å². The molecular formula is C29H28N2O8. The molecule has 10 heteroatoms. The normalized spacial score (nSPS) is 14.9. The molecule has 2 aromatic carbocycles. The minimum Gasteiger partial charge on any atom is -0.502 e. The van der Waals surface area contributed by atoms with Gasteiger partial charge < -0.3 is 38.4 Å². The summed E-state index contributed by atoms with van der Waals surface area (Å²) in [5, 5.41) is 12.0. The SMILES string of the molecule is COCc1cc(=O)c(O)c(C(CC(=O)N2CCc3c([nH]c4ccccc34)C2)c2cc(OC)c3c(c2)OCO3)o1. The minimum atomic E-state index is -0.811. The topological polar surface area (TPSA) is 123 Å². The zero-order valence-electron chi connectivity index (χ0n) is 21.6. The molecule has 0 saturated carbocycles. The first-order valence-corrected chi connectivity index (χ1v) is 12.7. The van der Waals surface area contributed by atoms with E-state index < -0.39 is 17.1 Å². The monoisotopic (exact) mass is 532 g/mol. The maximum Gasteiger partial charge on any atom is 0.231 e. The fraction of sp³-hybridized carbons (Fsp3) is 0.310. The number of carbonyl (C=O) groups excluding carboxylic acids is 1. The molecule has 6 rings (SSSR count). The number of H-pyrrole nitrogens is 1. The van der Waals surface area contributed by atoms with E-state index in [1.807, 2.05) is 18.2 Å². The molecule has 1 amide bonds. The summed E-state index contributed by atoms with van der Waals surface area (Å²) >= 11 is 0. The molecule has 39 heavy (non-hydrogen) atoms. The number of carbonyl (C=O) groups is 1. The van der Waals surface area contributed by atoms with Crippen molar-refractivity contribution in [3.63, 3.8) is 0 Å². The van der Waals surface area contributed by atoms with Crippen LogP contribution in [0, 0.1) is 0 Å². The molecule has 1 atom stereocenters. The number of aromatic amines is 1. The Morgan fingerprint density at radius 2 is 2.03 bits per heavy atom. The lowest BCUT2D eigenvalue weighted by Crippen LogP contribution is -2.36. The van der Waals surface area contributed by atoms with E-state index in [0.717, 1.165) is 17.6 Å². The highest BCUT2D eigenvalue weighted by molar-refractivity contribution is 5.86. The number of fused-ring (bicyclic) bond motifs is 4. The van der Waals surface area contributed by atoms with E-state index in [4.69, 9.17) is 23.4 Å². The summed E-state index contributed by atoms with van der Waals surface area (Å²) in [6, 6.07) is 12.7. The second-order valence-corrected chi connectivity index (χ2v) is 9.63. The van der Waals surface area contributed by atoms with Crippen LogP contribution in [0.1, 0.15) is 40.7 Å². The number of aromatic hydroxyl groups is 1. The van der Waals surface area contributed by atoms with Crippen LogP contribution in [0.5, 0.6) is 23.0 Å². The Morgan fingerprint density at radius 1 is 1.18 bits per heavy atom. The van der Waals surface area contributed by atoms with Crippen LogP contribution >= 0.6 is 0 Å². The van der Waals surface area contributed by atoms with Crippen LogP contribution in [-0.4, -0.2) is 48.5 Å². The largest absolute Gasteiger partial charge is 0.502 e.